The number of aryl methyl sites for hydroxylation is 1. The molecular weight excluding hydrogens is 316 g/mol. The second-order valence-corrected chi connectivity index (χ2v) is 6.24. The standard InChI is InChI=1S/C24H20N2/c1-2-18-13-15-20(16-14-18)23-17-22(19-9-5-3-6-10-19)25-24(26-23)21-11-7-4-8-12-21/h3-17H,2H2,1H3. The highest BCUT2D eigenvalue weighted by Crippen LogP contribution is 2.27. The molecule has 2 nitrogen and oxygen atoms in total. The Morgan fingerprint density at radius 3 is 1.62 bits per heavy atom. The Hall–Kier alpha value is -3.26. The van der Waals surface area contributed by atoms with Crippen LogP contribution in [0.3, 0.4) is 0 Å². The van der Waals surface area contributed by atoms with E-state index in [0.717, 1.165) is 40.3 Å². The van der Waals surface area contributed by atoms with Gasteiger partial charge in [0.2, 0.25) is 0 Å². The van der Waals surface area contributed by atoms with Crippen LogP contribution in [0.25, 0.3) is 33.9 Å². The summed E-state index contributed by atoms with van der Waals surface area (Å²) < 4.78 is 0. The predicted octanol–water partition coefficient (Wildman–Crippen LogP) is 6.04. The zero-order chi connectivity index (χ0) is 17.8. The molecule has 126 valence electrons. The molecular formula is C24H20N2. The molecule has 0 saturated carbocycles. The zero-order valence-electron chi connectivity index (χ0n) is 14.8. The molecule has 0 bridgehead atoms. The van der Waals surface area contributed by atoms with Crippen molar-refractivity contribution in [3.63, 3.8) is 0 Å². The number of aromatic nitrogens is 2. The van der Waals surface area contributed by atoms with E-state index < -0.39 is 0 Å². The molecule has 0 amide bonds. The second-order valence-electron chi connectivity index (χ2n) is 6.24. The summed E-state index contributed by atoms with van der Waals surface area (Å²) in [5.74, 6) is 0.751. The first-order chi connectivity index (χ1) is 12.8. The quantitative estimate of drug-likeness (QED) is 0.454. The first-order valence-corrected chi connectivity index (χ1v) is 8.93. The highest BCUT2D eigenvalue weighted by atomic mass is 14.9. The third kappa shape index (κ3) is 3.40. The van der Waals surface area contributed by atoms with E-state index in [4.69, 9.17) is 9.97 Å². The lowest BCUT2D eigenvalue weighted by molar-refractivity contribution is 1.14. The Morgan fingerprint density at radius 2 is 1.08 bits per heavy atom. The van der Waals surface area contributed by atoms with E-state index in [0.29, 0.717) is 0 Å². The van der Waals surface area contributed by atoms with Gasteiger partial charge in [0.1, 0.15) is 0 Å². The maximum absolute atomic E-state index is 4.84. The summed E-state index contributed by atoms with van der Waals surface area (Å²) in [6, 6.07) is 31.1. The first-order valence-electron chi connectivity index (χ1n) is 8.93. The molecule has 0 aliphatic carbocycles. The molecule has 3 aromatic carbocycles. The Balaban J connectivity index is 1.87. The summed E-state index contributed by atoms with van der Waals surface area (Å²) in [6.07, 6.45) is 1.04. The van der Waals surface area contributed by atoms with Gasteiger partial charge in [0.05, 0.1) is 11.4 Å². The maximum atomic E-state index is 4.84. The van der Waals surface area contributed by atoms with Crippen LogP contribution in [0.2, 0.25) is 0 Å². The lowest BCUT2D eigenvalue weighted by Crippen LogP contribution is -1.95. The van der Waals surface area contributed by atoms with Crippen molar-refractivity contribution in [2.24, 2.45) is 0 Å². The van der Waals surface area contributed by atoms with E-state index in [2.05, 4.69) is 49.4 Å². The molecule has 0 atom stereocenters. The predicted molar refractivity (Wildman–Crippen MR) is 108 cm³/mol. The van der Waals surface area contributed by atoms with Crippen LogP contribution in [0.4, 0.5) is 0 Å². The van der Waals surface area contributed by atoms with E-state index in [1.807, 2.05) is 48.5 Å². The molecule has 2 heteroatoms. The molecule has 0 fully saturated rings. The molecule has 1 heterocycles. The van der Waals surface area contributed by atoms with Crippen molar-refractivity contribution in [1.29, 1.82) is 0 Å². The Kier molecular flexibility index (Phi) is 4.57. The van der Waals surface area contributed by atoms with Crippen molar-refractivity contribution in [3.8, 4) is 33.9 Å². The van der Waals surface area contributed by atoms with Crippen molar-refractivity contribution in [2.45, 2.75) is 13.3 Å². The molecule has 0 N–H and O–H groups in total. The third-order valence-corrected chi connectivity index (χ3v) is 4.49. The van der Waals surface area contributed by atoms with E-state index in [9.17, 15) is 0 Å². The lowest BCUT2D eigenvalue weighted by Gasteiger charge is -2.09. The molecule has 0 radical (unpaired) electrons. The minimum atomic E-state index is 0.751. The van der Waals surface area contributed by atoms with Gasteiger partial charge in [-0.2, -0.15) is 0 Å². The molecule has 0 unspecified atom stereocenters. The van der Waals surface area contributed by atoms with Gasteiger partial charge in [-0.1, -0.05) is 91.9 Å². The fourth-order valence-electron chi connectivity index (χ4n) is 2.98. The third-order valence-electron chi connectivity index (χ3n) is 4.49. The van der Waals surface area contributed by atoms with Crippen molar-refractivity contribution in [1.82, 2.24) is 9.97 Å². The lowest BCUT2D eigenvalue weighted by atomic mass is 10.0. The van der Waals surface area contributed by atoms with Gasteiger partial charge >= 0.3 is 0 Å². The van der Waals surface area contributed by atoms with Gasteiger partial charge < -0.3 is 0 Å². The number of hydrogen-bond donors (Lipinski definition) is 0. The van der Waals surface area contributed by atoms with Crippen LogP contribution in [0.1, 0.15) is 12.5 Å². The monoisotopic (exact) mass is 336 g/mol. The van der Waals surface area contributed by atoms with Gasteiger partial charge in [0.15, 0.2) is 5.82 Å². The molecule has 4 aromatic rings. The summed E-state index contributed by atoms with van der Waals surface area (Å²) in [5.41, 5.74) is 6.44. The smallest absolute Gasteiger partial charge is 0.160 e. The fourth-order valence-corrected chi connectivity index (χ4v) is 2.98. The molecule has 0 spiro atoms. The average molecular weight is 336 g/mol. The highest BCUT2D eigenvalue weighted by Gasteiger charge is 2.10. The Bertz CT molecular complexity index is 934. The molecule has 1 aromatic heterocycles. The number of hydrogen-bond acceptors (Lipinski definition) is 2. The molecule has 0 aliphatic heterocycles. The SMILES string of the molecule is CCc1ccc(-c2cc(-c3ccccc3)nc(-c3ccccc3)n2)cc1. The second kappa shape index (κ2) is 7.32. The fraction of sp³-hybridized carbons (Fsp3) is 0.0833. The first kappa shape index (κ1) is 16.2. The van der Waals surface area contributed by atoms with Gasteiger partial charge in [0, 0.05) is 16.7 Å². The summed E-state index contributed by atoms with van der Waals surface area (Å²) in [4.78, 5) is 9.67. The van der Waals surface area contributed by atoms with Gasteiger partial charge in [-0.3, -0.25) is 0 Å². The van der Waals surface area contributed by atoms with E-state index in [-0.39, 0.29) is 0 Å². The summed E-state index contributed by atoms with van der Waals surface area (Å²) in [7, 11) is 0. The van der Waals surface area contributed by atoms with Crippen LogP contribution in [0, 0.1) is 0 Å². The normalized spacial score (nSPS) is 10.7. The summed E-state index contributed by atoms with van der Waals surface area (Å²) >= 11 is 0. The number of benzene rings is 3. The molecule has 26 heavy (non-hydrogen) atoms. The summed E-state index contributed by atoms with van der Waals surface area (Å²) in [6.45, 7) is 2.17. The van der Waals surface area contributed by atoms with Gasteiger partial charge in [-0.25, -0.2) is 9.97 Å². The van der Waals surface area contributed by atoms with E-state index in [1.165, 1.54) is 5.56 Å². The molecule has 4 rings (SSSR count). The minimum absolute atomic E-state index is 0.751. The Morgan fingerprint density at radius 1 is 0.577 bits per heavy atom. The van der Waals surface area contributed by atoms with Crippen molar-refractivity contribution in [3.05, 3.63) is 96.6 Å². The summed E-state index contributed by atoms with van der Waals surface area (Å²) in [5, 5.41) is 0. The van der Waals surface area contributed by atoms with Crippen molar-refractivity contribution < 1.29 is 0 Å². The Labute approximate surface area is 154 Å². The molecule has 0 aliphatic rings. The van der Waals surface area contributed by atoms with E-state index >= 15 is 0 Å². The average Bonchev–Trinajstić information content (AvgIpc) is 2.75. The van der Waals surface area contributed by atoms with Crippen LogP contribution >= 0.6 is 0 Å². The topological polar surface area (TPSA) is 25.8 Å². The highest BCUT2D eigenvalue weighted by molar-refractivity contribution is 5.71. The van der Waals surface area contributed by atoms with Gasteiger partial charge in [-0.15, -0.1) is 0 Å². The minimum Gasteiger partial charge on any atom is -0.228 e. The van der Waals surface area contributed by atoms with Crippen LogP contribution in [-0.2, 0) is 6.42 Å². The van der Waals surface area contributed by atoms with Crippen molar-refractivity contribution in [2.75, 3.05) is 0 Å². The van der Waals surface area contributed by atoms with Crippen molar-refractivity contribution >= 4 is 0 Å². The van der Waals surface area contributed by atoms with Crippen LogP contribution < -0.4 is 0 Å². The van der Waals surface area contributed by atoms with Gasteiger partial charge in [0.25, 0.3) is 0 Å². The molecule has 0 saturated heterocycles. The van der Waals surface area contributed by atoms with Crippen LogP contribution in [0.5, 0.6) is 0 Å². The number of nitrogens with zero attached hydrogens (tertiary/aromatic N) is 2. The number of rotatable bonds is 4. The van der Waals surface area contributed by atoms with Crippen LogP contribution in [-0.4, -0.2) is 9.97 Å². The largest absolute Gasteiger partial charge is 0.228 e. The van der Waals surface area contributed by atoms with E-state index in [1.54, 1.807) is 0 Å². The zero-order valence-corrected chi connectivity index (χ0v) is 14.8. The van der Waals surface area contributed by atoms with Gasteiger partial charge in [-0.05, 0) is 18.1 Å². The maximum Gasteiger partial charge on any atom is 0.160 e. The van der Waals surface area contributed by atoms with Crippen LogP contribution in [0.15, 0.2) is 91.0 Å².